The van der Waals surface area contributed by atoms with E-state index in [1.165, 1.54) is 0 Å². The van der Waals surface area contributed by atoms with E-state index in [2.05, 4.69) is 30.2 Å². The lowest BCUT2D eigenvalue weighted by atomic mass is 10.1. The zero-order valence-electron chi connectivity index (χ0n) is 10.6. The smallest absolute Gasteiger partial charge is 0.201 e. The first-order valence-corrected chi connectivity index (χ1v) is 6.25. The van der Waals surface area contributed by atoms with Gasteiger partial charge in [-0.3, -0.25) is 5.01 Å². The molecule has 0 aromatic carbocycles. The SMILES string of the molecule is CC(C)N1CCC(OC2=CCNN2C)CC1. The van der Waals surface area contributed by atoms with E-state index in [1.807, 2.05) is 12.1 Å². The van der Waals surface area contributed by atoms with Crippen LogP contribution in [0.1, 0.15) is 26.7 Å². The molecule has 4 heteroatoms. The van der Waals surface area contributed by atoms with Crippen LogP contribution >= 0.6 is 0 Å². The van der Waals surface area contributed by atoms with Crippen LogP contribution in [0.2, 0.25) is 0 Å². The number of ether oxygens (including phenoxy) is 1. The number of piperidine rings is 1. The van der Waals surface area contributed by atoms with Crippen LogP contribution in [0.3, 0.4) is 0 Å². The molecule has 2 rings (SSSR count). The number of nitrogens with zero attached hydrogens (tertiary/aromatic N) is 2. The predicted octanol–water partition coefficient (Wildman–Crippen LogP) is 1.17. The molecule has 0 amide bonds. The van der Waals surface area contributed by atoms with Crippen molar-refractivity contribution in [2.45, 2.75) is 38.8 Å². The maximum Gasteiger partial charge on any atom is 0.201 e. The zero-order valence-corrected chi connectivity index (χ0v) is 10.6. The second kappa shape index (κ2) is 5.06. The van der Waals surface area contributed by atoms with Crippen LogP contribution in [0.25, 0.3) is 0 Å². The summed E-state index contributed by atoms with van der Waals surface area (Å²) < 4.78 is 5.99. The largest absolute Gasteiger partial charge is 0.475 e. The first-order valence-electron chi connectivity index (χ1n) is 6.25. The van der Waals surface area contributed by atoms with Gasteiger partial charge in [0.1, 0.15) is 6.10 Å². The molecule has 0 radical (unpaired) electrons. The van der Waals surface area contributed by atoms with E-state index in [9.17, 15) is 0 Å². The van der Waals surface area contributed by atoms with Gasteiger partial charge < -0.3 is 9.64 Å². The fourth-order valence-corrected chi connectivity index (χ4v) is 2.29. The van der Waals surface area contributed by atoms with Crippen LogP contribution < -0.4 is 5.43 Å². The van der Waals surface area contributed by atoms with Gasteiger partial charge in [0.25, 0.3) is 0 Å². The molecule has 92 valence electrons. The molecule has 16 heavy (non-hydrogen) atoms. The van der Waals surface area contributed by atoms with Gasteiger partial charge >= 0.3 is 0 Å². The van der Waals surface area contributed by atoms with Crippen molar-refractivity contribution < 1.29 is 4.74 Å². The van der Waals surface area contributed by atoms with Crippen LogP contribution in [-0.2, 0) is 4.74 Å². The monoisotopic (exact) mass is 225 g/mol. The molecule has 0 aliphatic carbocycles. The quantitative estimate of drug-likeness (QED) is 0.780. The first kappa shape index (κ1) is 11.7. The lowest BCUT2D eigenvalue weighted by Crippen LogP contribution is -2.41. The number of nitrogens with one attached hydrogen (secondary N) is 1. The van der Waals surface area contributed by atoms with Crippen molar-refractivity contribution in [2.24, 2.45) is 0 Å². The standard InChI is InChI=1S/C12H23N3O/c1-10(2)15-8-5-11(6-9-15)16-12-4-7-13-14(12)3/h4,10-11,13H,5-9H2,1-3H3. The highest BCUT2D eigenvalue weighted by atomic mass is 16.5. The van der Waals surface area contributed by atoms with E-state index < -0.39 is 0 Å². The number of hydrogen-bond donors (Lipinski definition) is 1. The highest BCUT2D eigenvalue weighted by Gasteiger charge is 2.24. The highest BCUT2D eigenvalue weighted by molar-refractivity contribution is 4.98. The second-order valence-corrected chi connectivity index (χ2v) is 4.91. The van der Waals surface area contributed by atoms with Gasteiger partial charge in [-0.25, -0.2) is 5.43 Å². The summed E-state index contributed by atoms with van der Waals surface area (Å²) in [5, 5.41) is 1.97. The summed E-state index contributed by atoms with van der Waals surface area (Å²) >= 11 is 0. The summed E-state index contributed by atoms with van der Waals surface area (Å²) in [7, 11) is 2.00. The third-order valence-electron chi connectivity index (χ3n) is 3.43. The van der Waals surface area contributed by atoms with Gasteiger partial charge in [-0.15, -0.1) is 0 Å². The van der Waals surface area contributed by atoms with E-state index in [0.29, 0.717) is 12.1 Å². The minimum Gasteiger partial charge on any atom is -0.475 e. The average Bonchev–Trinajstić information content (AvgIpc) is 2.65. The normalized spacial score (nSPS) is 24.0. The fourth-order valence-electron chi connectivity index (χ4n) is 2.29. The number of hydrazine groups is 1. The Morgan fingerprint density at radius 1 is 1.38 bits per heavy atom. The molecule has 2 aliphatic rings. The van der Waals surface area contributed by atoms with Gasteiger partial charge in [-0.2, -0.15) is 0 Å². The summed E-state index contributed by atoms with van der Waals surface area (Å²) in [6.07, 6.45) is 4.78. The summed E-state index contributed by atoms with van der Waals surface area (Å²) in [6.45, 7) is 7.73. The number of rotatable bonds is 3. The molecule has 0 bridgehead atoms. The van der Waals surface area contributed by atoms with E-state index in [1.54, 1.807) is 0 Å². The summed E-state index contributed by atoms with van der Waals surface area (Å²) in [4.78, 5) is 2.52. The maximum absolute atomic E-state index is 5.99. The van der Waals surface area contributed by atoms with Crippen molar-refractivity contribution in [2.75, 3.05) is 26.7 Å². The summed E-state index contributed by atoms with van der Waals surface area (Å²) in [6, 6.07) is 0.663. The minimum absolute atomic E-state index is 0.392. The molecular weight excluding hydrogens is 202 g/mol. The van der Waals surface area contributed by atoms with Crippen LogP contribution in [0.4, 0.5) is 0 Å². The van der Waals surface area contributed by atoms with Gasteiger partial charge in [0.15, 0.2) is 0 Å². The molecule has 1 N–H and O–H groups in total. The Balaban J connectivity index is 1.77. The van der Waals surface area contributed by atoms with Crippen molar-refractivity contribution in [1.82, 2.24) is 15.3 Å². The lowest BCUT2D eigenvalue weighted by molar-refractivity contribution is 0.00684. The summed E-state index contributed by atoms with van der Waals surface area (Å²) in [5.74, 6) is 0.989. The van der Waals surface area contributed by atoms with E-state index >= 15 is 0 Å². The Kier molecular flexibility index (Phi) is 3.71. The lowest BCUT2D eigenvalue weighted by Gasteiger charge is -2.35. The average molecular weight is 225 g/mol. The molecule has 2 heterocycles. The Morgan fingerprint density at radius 2 is 2.06 bits per heavy atom. The summed E-state index contributed by atoms with van der Waals surface area (Å²) in [5.41, 5.74) is 3.19. The van der Waals surface area contributed by atoms with Crippen LogP contribution in [0.15, 0.2) is 12.0 Å². The van der Waals surface area contributed by atoms with Gasteiger partial charge in [-0.05, 0) is 32.8 Å². The molecule has 0 saturated carbocycles. The van der Waals surface area contributed by atoms with Crippen molar-refractivity contribution in [3.63, 3.8) is 0 Å². The Morgan fingerprint density at radius 3 is 2.56 bits per heavy atom. The van der Waals surface area contributed by atoms with E-state index in [-0.39, 0.29) is 0 Å². The molecular formula is C12H23N3O. The molecule has 2 aliphatic heterocycles. The van der Waals surface area contributed by atoms with Gasteiger partial charge in [0.2, 0.25) is 5.88 Å². The minimum atomic E-state index is 0.392. The van der Waals surface area contributed by atoms with Gasteiger partial charge in [-0.1, -0.05) is 0 Å². The molecule has 0 unspecified atom stereocenters. The van der Waals surface area contributed by atoms with Gasteiger partial charge in [0.05, 0.1) is 0 Å². The molecule has 0 aromatic rings. The Bertz CT molecular complexity index is 257. The van der Waals surface area contributed by atoms with Crippen LogP contribution in [0, 0.1) is 0 Å². The second-order valence-electron chi connectivity index (χ2n) is 4.91. The van der Waals surface area contributed by atoms with Crippen LogP contribution in [0.5, 0.6) is 0 Å². The van der Waals surface area contributed by atoms with Gasteiger partial charge in [0, 0.05) is 32.7 Å². The maximum atomic E-state index is 5.99. The molecule has 0 atom stereocenters. The molecule has 1 saturated heterocycles. The third-order valence-corrected chi connectivity index (χ3v) is 3.43. The van der Waals surface area contributed by atoms with Crippen molar-refractivity contribution >= 4 is 0 Å². The predicted molar refractivity (Wildman–Crippen MR) is 64.7 cm³/mol. The fraction of sp³-hybridized carbons (Fsp3) is 0.833. The Labute approximate surface area is 98.2 Å². The van der Waals surface area contributed by atoms with Crippen LogP contribution in [-0.4, -0.2) is 48.7 Å². The molecule has 4 nitrogen and oxygen atoms in total. The highest BCUT2D eigenvalue weighted by Crippen LogP contribution is 2.19. The zero-order chi connectivity index (χ0) is 11.5. The van der Waals surface area contributed by atoms with Crippen molar-refractivity contribution in [1.29, 1.82) is 0 Å². The molecule has 0 aromatic heterocycles. The van der Waals surface area contributed by atoms with E-state index in [4.69, 9.17) is 4.74 Å². The Hall–Kier alpha value is -0.740. The van der Waals surface area contributed by atoms with Crippen molar-refractivity contribution in [3.8, 4) is 0 Å². The first-order chi connectivity index (χ1) is 7.66. The number of hydrogen-bond acceptors (Lipinski definition) is 4. The topological polar surface area (TPSA) is 27.7 Å². The van der Waals surface area contributed by atoms with E-state index in [0.717, 1.165) is 38.4 Å². The molecule has 1 fully saturated rings. The third kappa shape index (κ3) is 2.68. The molecule has 0 spiro atoms. The number of likely N-dealkylation sites (tertiary alicyclic amines) is 1. The van der Waals surface area contributed by atoms with Crippen molar-refractivity contribution in [3.05, 3.63) is 12.0 Å².